The van der Waals surface area contributed by atoms with Gasteiger partial charge in [-0.25, -0.2) is 0 Å². The zero-order valence-corrected chi connectivity index (χ0v) is 18.9. The molecule has 0 N–H and O–H groups in total. The Hall–Kier alpha value is -1.95. The SMILES string of the molecule is CCCCN1C(=O)[C@@H]2[C@@H](C1=O)[C@@H](C(=O)C(C)(C)C)N1c3ccc(Br)cc3C=C[C@H]21. The molecule has 2 saturated heterocycles. The molecule has 1 aromatic rings. The maximum Gasteiger partial charge on any atom is 0.235 e. The first kappa shape index (κ1) is 20.3. The highest BCUT2D eigenvalue weighted by molar-refractivity contribution is 9.10. The predicted molar refractivity (Wildman–Crippen MR) is 116 cm³/mol. The lowest BCUT2D eigenvalue weighted by Gasteiger charge is -2.38. The molecule has 0 aromatic heterocycles. The molecule has 3 aliphatic heterocycles. The highest BCUT2D eigenvalue weighted by Gasteiger charge is 2.64. The molecule has 6 heteroatoms. The van der Waals surface area contributed by atoms with E-state index in [4.69, 9.17) is 0 Å². The van der Waals surface area contributed by atoms with Crippen LogP contribution in [0.25, 0.3) is 6.08 Å². The number of nitrogens with zero attached hydrogens (tertiary/aromatic N) is 2. The molecule has 0 spiro atoms. The third-order valence-corrected chi connectivity index (χ3v) is 6.80. The number of likely N-dealkylation sites (tertiary alicyclic amines) is 1. The van der Waals surface area contributed by atoms with Crippen molar-refractivity contribution in [1.29, 1.82) is 0 Å². The van der Waals surface area contributed by atoms with Gasteiger partial charge < -0.3 is 4.90 Å². The minimum Gasteiger partial charge on any atom is -0.353 e. The van der Waals surface area contributed by atoms with E-state index in [0.717, 1.165) is 28.6 Å². The summed E-state index contributed by atoms with van der Waals surface area (Å²) in [6, 6.07) is 5.03. The number of carbonyl (C=O) groups excluding carboxylic acids is 3. The maximum atomic E-state index is 13.6. The van der Waals surface area contributed by atoms with Crippen LogP contribution in [-0.2, 0) is 14.4 Å². The first-order valence-electron chi connectivity index (χ1n) is 10.3. The lowest BCUT2D eigenvalue weighted by molar-refractivity contribution is -0.142. The van der Waals surface area contributed by atoms with Gasteiger partial charge >= 0.3 is 0 Å². The summed E-state index contributed by atoms with van der Waals surface area (Å²) in [6.45, 7) is 8.14. The molecule has 0 unspecified atom stereocenters. The van der Waals surface area contributed by atoms with Gasteiger partial charge in [-0.1, -0.05) is 62.2 Å². The van der Waals surface area contributed by atoms with Crippen LogP contribution >= 0.6 is 15.9 Å². The van der Waals surface area contributed by atoms with Crippen molar-refractivity contribution >= 4 is 45.3 Å². The van der Waals surface area contributed by atoms with E-state index in [-0.39, 0.29) is 23.6 Å². The molecule has 5 nitrogen and oxygen atoms in total. The molecule has 29 heavy (non-hydrogen) atoms. The second-order valence-electron chi connectivity index (χ2n) is 9.25. The number of hydrogen-bond acceptors (Lipinski definition) is 4. The Bertz CT molecular complexity index is 917. The molecule has 1 aromatic carbocycles. The van der Waals surface area contributed by atoms with Crippen LogP contribution in [0.2, 0.25) is 0 Å². The topological polar surface area (TPSA) is 57.7 Å². The van der Waals surface area contributed by atoms with Crippen molar-refractivity contribution in [2.75, 3.05) is 11.4 Å². The highest BCUT2D eigenvalue weighted by Crippen LogP contribution is 2.50. The molecule has 3 heterocycles. The lowest BCUT2D eigenvalue weighted by atomic mass is 9.79. The van der Waals surface area contributed by atoms with Gasteiger partial charge in [0, 0.05) is 22.1 Å². The van der Waals surface area contributed by atoms with E-state index in [0.29, 0.717) is 6.54 Å². The molecule has 3 aliphatic rings. The van der Waals surface area contributed by atoms with Crippen molar-refractivity contribution in [3.8, 4) is 0 Å². The van der Waals surface area contributed by atoms with E-state index in [9.17, 15) is 14.4 Å². The number of fused-ring (bicyclic) bond motifs is 5. The van der Waals surface area contributed by atoms with Crippen molar-refractivity contribution < 1.29 is 14.4 Å². The van der Waals surface area contributed by atoms with Crippen LogP contribution in [0.3, 0.4) is 0 Å². The number of halogens is 1. The third kappa shape index (κ3) is 3.07. The first-order valence-corrected chi connectivity index (χ1v) is 11.1. The molecule has 154 valence electrons. The van der Waals surface area contributed by atoms with Gasteiger partial charge in [0.25, 0.3) is 0 Å². The minimum absolute atomic E-state index is 0.0117. The summed E-state index contributed by atoms with van der Waals surface area (Å²) < 4.78 is 0.954. The van der Waals surface area contributed by atoms with E-state index in [1.54, 1.807) is 0 Å². The van der Waals surface area contributed by atoms with Gasteiger partial charge in [-0.15, -0.1) is 0 Å². The Morgan fingerprint density at radius 3 is 2.48 bits per heavy atom. The van der Waals surface area contributed by atoms with E-state index < -0.39 is 23.3 Å². The number of ketones is 1. The fraction of sp³-hybridized carbons (Fsp3) is 0.522. The number of anilines is 1. The van der Waals surface area contributed by atoms with Gasteiger partial charge in [0.15, 0.2) is 5.78 Å². The third-order valence-electron chi connectivity index (χ3n) is 6.30. The zero-order valence-electron chi connectivity index (χ0n) is 17.3. The van der Waals surface area contributed by atoms with Crippen molar-refractivity contribution in [2.24, 2.45) is 17.3 Å². The van der Waals surface area contributed by atoms with Gasteiger partial charge in [0.1, 0.15) is 6.04 Å². The number of carbonyl (C=O) groups is 3. The van der Waals surface area contributed by atoms with Crippen LogP contribution in [-0.4, -0.2) is 41.1 Å². The summed E-state index contributed by atoms with van der Waals surface area (Å²) in [5, 5.41) is 0. The van der Waals surface area contributed by atoms with E-state index in [1.807, 2.05) is 62.9 Å². The van der Waals surface area contributed by atoms with E-state index >= 15 is 0 Å². The number of benzene rings is 1. The van der Waals surface area contributed by atoms with Crippen LogP contribution in [0.5, 0.6) is 0 Å². The Morgan fingerprint density at radius 2 is 1.83 bits per heavy atom. The van der Waals surface area contributed by atoms with Crippen LogP contribution < -0.4 is 4.90 Å². The Balaban J connectivity index is 1.83. The number of rotatable bonds is 4. The smallest absolute Gasteiger partial charge is 0.235 e. The van der Waals surface area contributed by atoms with Crippen molar-refractivity contribution in [2.45, 2.75) is 52.6 Å². The molecule has 4 atom stereocenters. The Kier molecular flexibility index (Phi) is 4.96. The molecule has 0 bridgehead atoms. The molecule has 2 fully saturated rings. The summed E-state index contributed by atoms with van der Waals surface area (Å²) in [5.74, 6) is -1.41. The van der Waals surface area contributed by atoms with Crippen LogP contribution in [0.1, 0.15) is 46.1 Å². The van der Waals surface area contributed by atoms with E-state index in [1.165, 1.54) is 4.90 Å². The Morgan fingerprint density at radius 1 is 1.14 bits per heavy atom. The fourth-order valence-corrected chi connectivity index (χ4v) is 5.26. The maximum absolute atomic E-state index is 13.6. The largest absolute Gasteiger partial charge is 0.353 e. The van der Waals surface area contributed by atoms with Gasteiger partial charge in [-0.05, 0) is 30.2 Å². The molecular formula is C23H27BrN2O3. The monoisotopic (exact) mass is 458 g/mol. The van der Waals surface area contributed by atoms with Crippen LogP contribution in [0.4, 0.5) is 5.69 Å². The fourth-order valence-electron chi connectivity index (χ4n) is 4.89. The average Bonchev–Trinajstić information content (AvgIpc) is 3.12. The average molecular weight is 459 g/mol. The first-order chi connectivity index (χ1) is 13.7. The van der Waals surface area contributed by atoms with Gasteiger partial charge in [-0.2, -0.15) is 0 Å². The number of imide groups is 1. The molecular weight excluding hydrogens is 432 g/mol. The molecule has 4 rings (SSSR count). The minimum atomic E-state index is -0.627. The summed E-state index contributed by atoms with van der Waals surface area (Å²) in [6.07, 6.45) is 5.70. The number of hydrogen-bond donors (Lipinski definition) is 0. The van der Waals surface area contributed by atoms with Gasteiger partial charge in [0.05, 0.1) is 17.9 Å². The number of Topliss-reactive ketones (excluding diaryl/α,β-unsaturated/α-hetero) is 1. The Labute approximate surface area is 180 Å². The quantitative estimate of drug-likeness (QED) is 0.638. The van der Waals surface area contributed by atoms with Crippen molar-refractivity contribution in [3.05, 3.63) is 34.3 Å². The van der Waals surface area contributed by atoms with E-state index in [2.05, 4.69) is 15.9 Å². The second kappa shape index (κ2) is 7.08. The van der Waals surface area contributed by atoms with Crippen LogP contribution in [0, 0.1) is 17.3 Å². The number of amides is 2. The normalized spacial score (nSPS) is 27.9. The standard InChI is InChI=1S/C23H27BrN2O3/c1-5-6-11-25-21(28)17-16-9-7-13-12-14(24)8-10-15(13)26(16)19(18(17)22(25)29)20(27)23(2,3)4/h7-10,12,16-19H,5-6,11H2,1-4H3/t16-,17+,18-,19+/m1/s1. The number of unbranched alkanes of at least 4 members (excludes halogenated alkanes) is 1. The summed E-state index contributed by atoms with van der Waals surface area (Å²) in [7, 11) is 0. The van der Waals surface area contributed by atoms with Crippen LogP contribution in [0.15, 0.2) is 28.7 Å². The molecule has 2 amide bonds. The summed E-state index contributed by atoms with van der Waals surface area (Å²) >= 11 is 3.50. The molecule has 0 saturated carbocycles. The highest BCUT2D eigenvalue weighted by atomic mass is 79.9. The van der Waals surface area contributed by atoms with Gasteiger partial charge in [0.2, 0.25) is 11.8 Å². The van der Waals surface area contributed by atoms with Crippen molar-refractivity contribution in [3.63, 3.8) is 0 Å². The summed E-state index contributed by atoms with van der Waals surface area (Å²) in [4.78, 5) is 43.6. The summed E-state index contributed by atoms with van der Waals surface area (Å²) in [5.41, 5.74) is 1.30. The van der Waals surface area contributed by atoms with Gasteiger partial charge in [-0.3, -0.25) is 19.3 Å². The molecule has 0 radical (unpaired) electrons. The second-order valence-corrected chi connectivity index (χ2v) is 10.2. The predicted octanol–water partition coefficient (Wildman–Crippen LogP) is 4.05. The lowest BCUT2D eigenvalue weighted by Crippen LogP contribution is -2.51. The van der Waals surface area contributed by atoms with Crippen molar-refractivity contribution in [1.82, 2.24) is 4.90 Å². The zero-order chi connectivity index (χ0) is 21.1. The molecule has 0 aliphatic carbocycles.